The van der Waals surface area contributed by atoms with Crippen LogP contribution in [0.4, 0.5) is 10.5 Å². The van der Waals surface area contributed by atoms with E-state index in [0.29, 0.717) is 11.6 Å². The third-order valence-electron chi connectivity index (χ3n) is 3.46. The molecule has 1 aromatic carbocycles. The second-order valence-corrected chi connectivity index (χ2v) is 5.30. The molecule has 104 valence electrons. The molecular weight excluding hydrogens is 262 g/mol. The normalized spacial score (nSPS) is 19.3. The molecule has 1 aromatic rings. The van der Waals surface area contributed by atoms with Crippen LogP contribution in [0.5, 0.6) is 0 Å². The van der Waals surface area contributed by atoms with Gasteiger partial charge in [-0.15, -0.1) is 0 Å². The Morgan fingerprint density at radius 3 is 3.05 bits per heavy atom. The third-order valence-corrected chi connectivity index (χ3v) is 3.70. The lowest BCUT2D eigenvalue weighted by Crippen LogP contribution is -2.46. The number of anilines is 1. The lowest BCUT2D eigenvalue weighted by molar-refractivity contribution is 0.159. The Labute approximate surface area is 118 Å². The summed E-state index contributed by atoms with van der Waals surface area (Å²) >= 11 is 5.91. The SMILES string of the molecule is NCCC1CCCCN1C(=O)Nc1cccc(Cl)c1. The lowest BCUT2D eigenvalue weighted by Gasteiger charge is -2.35. The largest absolute Gasteiger partial charge is 0.330 e. The number of likely N-dealkylation sites (tertiary alicyclic amines) is 1. The van der Waals surface area contributed by atoms with Crippen LogP contribution in [0.15, 0.2) is 24.3 Å². The molecule has 1 atom stereocenters. The van der Waals surface area contributed by atoms with Crippen molar-refractivity contribution in [2.45, 2.75) is 31.7 Å². The highest BCUT2D eigenvalue weighted by Crippen LogP contribution is 2.21. The number of hydrogen-bond donors (Lipinski definition) is 2. The highest BCUT2D eigenvalue weighted by atomic mass is 35.5. The Hall–Kier alpha value is -1.26. The quantitative estimate of drug-likeness (QED) is 0.894. The fourth-order valence-electron chi connectivity index (χ4n) is 2.52. The van der Waals surface area contributed by atoms with E-state index in [1.54, 1.807) is 12.1 Å². The molecule has 0 saturated carbocycles. The van der Waals surface area contributed by atoms with E-state index in [4.69, 9.17) is 17.3 Å². The van der Waals surface area contributed by atoms with Crippen LogP contribution in [0.3, 0.4) is 0 Å². The summed E-state index contributed by atoms with van der Waals surface area (Å²) in [5, 5.41) is 3.52. The number of carbonyl (C=O) groups is 1. The molecule has 19 heavy (non-hydrogen) atoms. The van der Waals surface area contributed by atoms with Crippen molar-refractivity contribution < 1.29 is 4.79 Å². The maximum atomic E-state index is 12.3. The smallest absolute Gasteiger partial charge is 0.322 e. The third kappa shape index (κ3) is 3.85. The van der Waals surface area contributed by atoms with Crippen LogP contribution in [0.1, 0.15) is 25.7 Å². The number of nitrogens with two attached hydrogens (primary N) is 1. The van der Waals surface area contributed by atoms with E-state index in [1.165, 1.54) is 6.42 Å². The molecule has 1 fully saturated rings. The molecule has 3 N–H and O–H groups in total. The van der Waals surface area contributed by atoms with Crippen LogP contribution in [0.2, 0.25) is 5.02 Å². The summed E-state index contributed by atoms with van der Waals surface area (Å²) < 4.78 is 0. The summed E-state index contributed by atoms with van der Waals surface area (Å²) in [4.78, 5) is 14.2. The molecule has 5 heteroatoms. The minimum Gasteiger partial charge on any atom is -0.330 e. The Balaban J connectivity index is 2.01. The van der Waals surface area contributed by atoms with Gasteiger partial charge in [-0.1, -0.05) is 17.7 Å². The Kier molecular flexibility index (Phi) is 5.05. The number of nitrogens with zero attached hydrogens (tertiary/aromatic N) is 1. The Morgan fingerprint density at radius 2 is 2.32 bits per heavy atom. The molecule has 4 nitrogen and oxygen atoms in total. The summed E-state index contributed by atoms with van der Waals surface area (Å²) in [7, 11) is 0. The van der Waals surface area contributed by atoms with Crippen molar-refractivity contribution in [2.75, 3.05) is 18.4 Å². The number of halogens is 1. The zero-order valence-corrected chi connectivity index (χ0v) is 11.7. The molecule has 0 aromatic heterocycles. The average Bonchev–Trinajstić information content (AvgIpc) is 2.39. The van der Waals surface area contributed by atoms with E-state index < -0.39 is 0 Å². The number of amides is 2. The van der Waals surface area contributed by atoms with E-state index in [2.05, 4.69) is 5.32 Å². The summed E-state index contributed by atoms with van der Waals surface area (Å²) in [5.41, 5.74) is 6.35. The van der Waals surface area contributed by atoms with Crippen molar-refractivity contribution in [2.24, 2.45) is 5.73 Å². The summed E-state index contributed by atoms with van der Waals surface area (Å²) in [6.45, 7) is 1.42. The van der Waals surface area contributed by atoms with Crippen molar-refractivity contribution in [3.8, 4) is 0 Å². The number of nitrogens with one attached hydrogen (secondary N) is 1. The molecule has 2 amide bonds. The molecule has 1 aliphatic rings. The topological polar surface area (TPSA) is 58.4 Å². The van der Waals surface area contributed by atoms with Gasteiger partial charge in [-0.3, -0.25) is 0 Å². The van der Waals surface area contributed by atoms with Gasteiger partial charge in [0.1, 0.15) is 0 Å². The van der Waals surface area contributed by atoms with Gasteiger partial charge in [0.15, 0.2) is 0 Å². The minimum absolute atomic E-state index is 0.0552. The highest BCUT2D eigenvalue weighted by molar-refractivity contribution is 6.30. The Morgan fingerprint density at radius 1 is 1.47 bits per heavy atom. The van der Waals surface area contributed by atoms with Crippen LogP contribution in [-0.2, 0) is 0 Å². The van der Waals surface area contributed by atoms with Gasteiger partial charge in [0.2, 0.25) is 0 Å². The molecular formula is C14H20ClN3O. The van der Waals surface area contributed by atoms with Crippen LogP contribution in [0.25, 0.3) is 0 Å². The summed E-state index contributed by atoms with van der Waals surface area (Å²) in [5.74, 6) is 0. The summed E-state index contributed by atoms with van der Waals surface area (Å²) in [6, 6.07) is 7.41. The van der Waals surface area contributed by atoms with Gasteiger partial charge in [0, 0.05) is 23.3 Å². The predicted octanol–water partition coefficient (Wildman–Crippen LogP) is 3.08. The first-order chi connectivity index (χ1) is 9.20. The van der Waals surface area contributed by atoms with E-state index in [0.717, 1.165) is 31.5 Å². The minimum atomic E-state index is -0.0552. The van der Waals surface area contributed by atoms with Crippen LogP contribution < -0.4 is 11.1 Å². The summed E-state index contributed by atoms with van der Waals surface area (Å²) in [6.07, 6.45) is 4.14. The molecule has 1 saturated heterocycles. The van der Waals surface area contributed by atoms with Crippen molar-refractivity contribution >= 4 is 23.3 Å². The van der Waals surface area contributed by atoms with Gasteiger partial charge >= 0.3 is 6.03 Å². The van der Waals surface area contributed by atoms with Gasteiger partial charge in [-0.25, -0.2) is 4.79 Å². The van der Waals surface area contributed by atoms with Crippen molar-refractivity contribution in [3.63, 3.8) is 0 Å². The van der Waals surface area contributed by atoms with E-state index in [1.807, 2.05) is 17.0 Å². The number of carbonyl (C=O) groups excluding carboxylic acids is 1. The van der Waals surface area contributed by atoms with Crippen molar-refractivity contribution in [1.29, 1.82) is 0 Å². The second-order valence-electron chi connectivity index (χ2n) is 4.86. The maximum Gasteiger partial charge on any atom is 0.322 e. The molecule has 0 aliphatic carbocycles. The van der Waals surface area contributed by atoms with Crippen LogP contribution in [-0.4, -0.2) is 30.1 Å². The molecule has 1 heterocycles. The van der Waals surface area contributed by atoms with Crippen LogP contribution in [0, 0.1) is 0 Å². The zero-order chi connectivity index (χ0) is 13.7. The number of urea groups is 1. The van der Waals surface area contributed by atoms with Crippen LogP contribution >= 0.6 is 11.6 Å². The molecule has 0 bridgehead atoms. The van der Waals surface area contributed by atoms with Gasteiger partial charge < -0.3 is 16.0 Å². The fourth-order valence-corrected chi connectivity index (χ4v) is 2.71. The first-order valence-corrected chi connectivity index (χ1v) is 7.12. The van der Waals surface area contributed by atoms with Gasteiger partial charge in [-0.2, -0.15) is 0 Å². The predicted molar refractivity (Wildman–Crippen MR) is 78.5 cm³/mol. The van der Waals surface area contributed by atoms with Crippen molar-refractivity contribution in [1.82, 2.24) is 4.90 Å². The molecule has 1 unspecified atom stereocenters. The van der Waals surface area contributed by atoms with E-state index in [9.17, 15) is 4.79 Å². The average molecular weight is 282 g/mol. The molecule has 1 aliphatic heterocycles. The first kappa shape index (κ1) is 14.2. The standard InChI is InChI=1S/C14H20ClN3O/c15-11-4-3-5-12(10-11)17-14(19)18-9-2-1-6-13(18)7-8-16/h3-5,10,13H,1-2,6-9,16H2,(H,17,19). The second kappa shape index (κ2) is 6.78. The van der Waals surface area contributed by atoms with Gasteiger partial charge in [0.05, 0.1) is 0 Å². The number of piperidine rings is 1. The lowest BCUT2D eigenvalue weighted by atomic mass is 10.00. The van der Waals surface area contributed by atoms with Gasteiger partial charge in [0.25, 0.3) is 0 Å². The molecule has 2 rings (SSSR count). The fraction of sp³-hybridized carbons (Fsp3) is 0.500. The highest BCUT2D eigenvalue weighted by Gasteiger charge is 2.25. The number of rotatable bonds is 3. The van der Waals surface area contributed by atoms with E-state index in [-0.39, 0.29) is 12.1 Å². The van der Waals surface area contributed by atoms with Gasteiger partial charge in [-0.05, 0) is 50.4 Å². The monoisotopic (exact) mass is 281 g/mol. The molecule has 0 spiro atoms. The molecule has 0 radical (unpaired) electrons. The number of hydrogen-bond acceptors (Lipinski definition) is 2. The number of benzene rings is 1. The Bertz CT molecular complexity index is 436. The van der Waals surface area contributed by atoms with E-state index >= 15 is 0 Å². The van der Waals surface area contributed by atoms with Crippen molar-refractivity contribution in [3.05, 3.63) is 29.3 Å². The first-order valence-electron chi connectivity index (χ1n) is 6.74. The maximum absolute atomic E-state index is 12.3. The zero-order valence-electron chi connectivity index (χ0n) is 10.9.